The van der Waals surface area contributed by atoms with Crippen LogP contribution in [0.2, 0.25) is 0 Å². The van der Waals surface area contributed by atoms with Crippen molar-refractivity contribution in [2.24, 2.45) is 28.1 Å². The number of aliphatic hydroxyl groups is 3. The minimum atomic E-state index is -1.84. The molecule has 18 N–H and O–H groups in total. The first-order valence-electron chi connectivity index (χ1n) is 17.8. The lowest BCUT2D eigenvalue weighted by molar-refractivity contribution is -0.147. The molecule has 0 rings (SSSR count). The van der Waals surface area contributed by atoms with Crippen LogP contribution < -0.4 is 54.4 Å². The van der Waals surface area contributed by atoms with Gasteiger partial charge in [0.2, 0.25) is 41.4 Å². The maximum atomic E-state index is 13.6. The molecule has 0 aromatic rings. The Bertz CT molecular complexity index is 1500. The van der Waals surface area contributed by atoms with Crippen LogP contribution in [-0.4, -0.2) is 164 Å². The van der Waals surface area contributed by atoms with Crippen LogP contribution in [-0.2, 0) is 43.2 Å². The van der Waals surface area contributed by atoms with Crippen LogP contribution in [0.25, 0.3) is 0 Å². The molecule has 10 atom stereocenters. The number of guanidine groups is 1. The van der Waals surface area contributed by atoms with E-state index in [9.17, 15) is 58.5 Å². The van der Waals surface area contributed by atoms with Crippen LogP contribution in [0.5, 0.6) is 0 Å². The number of nitrogens with zero attached hydrogens (tertiary/aromatic N) is 1. The molecule has 26 heteroatoms. The van der Waals surface area contributed by atoms with Crippen molar-refractivity contribution in [1.29, 1.82) is 0 Å². The Hall–Kier alpha value is -5.31. The molecule has 25 nitrogen and oxygen atoms in total. The third kappa shape index (κ3) is 18.8. The normalized spacial score (nSPS) is 16.2. The average molecular weight is 852 g/mol. The number of carboxylic acid groups (broad SMARTS) is 2. The number of aliphatic hydroxyl groups excluding tert-OH is 3. The highest BCUT2D eigenvalue weighted by Crippen LogP contribution is 2.08. The van der Waals surface area contributed by atoms with Crippen molar-refractivity contribution in [3.8, 4) is 0 Å². The van der Waals surface area contributed by atoms with E-state index in [1.54, 1.807) is 13.8 Å². The largest absolute Gasteiger partial charge is 0.481 e. The van der Waals surface area contributed by atoms with E-state index in [4.69, 9.17) is 27.4 Å². The molecule has 0 bridgehead atoms. The number of carbonyl (C=O) groups excluding carboxylic acids is 7. The Balaban J connectivity index is 6.15. The molecule has 58 heavy (non-hydrogen) atoms. The number of thiol groups is 1. The van der Waals surface area contributed by atoms with Crippen molar-refractivity contribution >= 4 is 71.9 Å². The van der Waals surface area contributed by atoms with Gasteiger partial charge in [0.05, 0.1) is 31.3 Å². The highest BCUT2D eigenvalue weighted by Gasteiger charge is 2.36. The van der Waals surface area contributed by atoms with E-state index in [0.717, 1.165) is 13.8 Å². The third-order valence-electron chi connectivity index (χ3n) is 8.04. The Morgan fingerprint density at radius 3 is 1.52 bits per heavy atom. The first-order chi connectivity index (χ1) is 26.9. The smallest absolute Gasteiger partial charge is 0.326 e. The lowest BCUT2D eigenvalue weighted by Gasteiger charge is -2.29. The van der Waals surface area contributed by atoms with E-state index >= 15 is 0 Å². The number of nitrogens with two attached hydrogens (primary N) is 3. The van der Waals surface area contributed by atoms with Gasteiger partial charge < -0.3 is 80.0 Å². The second-order valence-electron chi connectivity index (χ2n) is 13.5. The number of rotatable bonds is 26. The summed E-state index contributed by atoms with van der Waals surface area (Å²) >= 11 is 3.93. The topological polar surface area (TPSA) is 429 Å². The maximum Gasteiger partial charge on any atom is 0.326 e. The molecular weight excluding hydrogens is 794 g/mol. The first kappa shape index (κ1) is 52.7. The number of aliphatic imine (C=N–C) groups is 1. The van der Waals surface area contributed by atoms with Crippen LogP contribution in [0, 0.1) is 5.92 Å². The highest BCUT2D eigenvalue weighted by atomic mass is 32.1. The Labute approximate surface area is 338 Å². The minimum Gasteiger partial charge on any atom is -0.481 e. The molecule has 0 spiro atoms. The summed E-state index contributed by atoms with van der Waals surface area (Å²) in [5.41, 5.74) is 16.4. The van der Waals surface area contributed by atoms with Crippen molar-refractivity contribution in [2.45, 2.75) is 114 Å². The Kier molecular flexibility index (Phi) is 23.5. The van der Waals surface area contributed by atoms with Gasteiger partial charge in [-0.25, -0.2) is 4.79 Å². The second-order valence-corrected chi connectivity index (χ2v) is 13.8. The molecule has 0 heterocycles. The van der Waals surface area contributed by atoms with Crippen LogP contribution in [0.3, 0.4) is 0 Å². The van der Waals surface area contributed by atoms with E-state index in [1.165, 1.54) is 6.92 Å². The summed E-state index contributed by atoms with van der Waals surface area (Å²) in [7, 11) is 0. The standard InChI is InChI=1S/C32H57N11O14S/c1-12(2)21(41-30(55)23(15(5)46)42-25(50)16(33)11-58)28(53)38-17(7-6-8-36-32(34)35)26(51)43-22(14(4)45)29(54)40-19(10-44)27(52)37-13(3)24(49)39-18(31(56)57)9-20(47)48/h12-19,21-23,44-46,58H,6-11,33H2,1-5H3,(H,37,52)(H,38,53)(H,39,49)(H,40,54)(H,41,55)(H,42,50)(H,43,51)(H,47,48)(H,56,57)(H4,34,35,36)/t13-,14+,15+,16-,17-,18-,19-,21-,22-,23-/m0/s1. The van der Waals surface area contributed by atoms with E-state index in [-0.39, 0.29) is 31.1 Å². The van der Waals surface area contributed by atoms with E-state index in [0.29, 0.717) is 0 Å². The maximum absolute atomic E-state index is 13.6. The zero-order valence-corrected chi connectivity index (χ0v) is 33.5. The molecule has 0 fully saturated rings. The molecule has 0 unspecified atom stereocenters. The average Bonchev–Trinajstić information content (AvgIpc) is 3.12. The molecule has 0 aliphatic heterocycles. The van der Waals surface area contributed by atoms with Gasteiger partial charge >= 0.3 is 11.9 Å². The third-order valence-corrected chi connectivity index (χ3v) is 8.44. The summed E-state index contributed by atoms with van der Waals surface area (Å²) in [6.45, 7) is 5.42. The fraction of sp³-hybridized carbons (Fsp3) is 0.688. The SMILES string of the molecule is CC(C)[C@H](NC(=O)[C@@H](NC(=O)[C@@H](N)CS)[C@@H](C)O)C(=O)N[C@@H](CCCN=C(N)N)C(=O)N[C@H](C(=O)N[C@@H](CO)C(=O)N[C@@H](C)C(=O)N[C@@H](CC(=O)O)C(=O)O)[C@@H](C)O. The van der Waals surface area contributed by atoms with Crippen molar-refractivity contribution < 1.29 is 68.7 Å². The highest BCUT2D eigenvalue weighted by molar-refractivity contribution is 7.80. The molecule has 0 saturated carbocycles. The van der Waals surface area contributed by atoms with Gasteiger partial charge in [-0.15, -0.1) is 0 Å². The Morgan fingerprint density at radius 1 is 0.621 bits per heavy atom. The fourth-order valence-electron chi connectivity index (χ4n) is 4.73. The molecule has 0 aliphatic carbocycles. The lowest BCUT2D eigenvalue weighted by atomic mass is 10.0. The van der Waals surface area contributed by atoms with E-state index in [2.05, 4.69) is 49.5 Å². The van der Waals surface area contributed by atoms with Crippen molar-refractivity contribution in [1.82, 2.24) is 37.2 Å². The number of amides is 7. The van der Waals surface area contributed by atoms with Gasteiger partial charge in [0.1, 0.15) is 42.3 Å². The van der Waals surface area contributed by atoms with Crippen molar-refractivity contribution in [2.75, 3.05) is 18.9 Å². The Morgan fingerprint density at radius 2 is 1.07 bits per heavy atom. The molecule has 0 radical (unpaired) electrons. The zero-order valence-electron chi connectivity index (χ0n) is 32.6. The minimum absolute atomic E-state index is 0.0168. The van der Waals surface area contributed by atoms with Gasteiger partial charge in [-0.05, 0) is 39.5 Å². The van der Waals surface area contributed by atoms with Crippen LogP contribution in [0.4, 0.5) is 0 Å². The van der Waals surface area contributed by atoms with Gasteiger partial charge in [0.25, 0.3) is 0 Å². The summed E-state index contributed by atoms with van der Waals surface area (Å²) in [4.78, 5) is 117. The van der Waals surface area contributed by atoms with E-state index in [1.807, 2.05) is 5.32 Å². The van der Waals surface area contributed by atoms with Gasteiger partial charge in [-0.1, -0.05) is 13.8 Å². The van der Waals surface area contributed by atoms with Crippen molar-refractivity contribution in [3.05, 3.63) is 0 Å². The lowest BCUT2D eigenvalue weighted by Crippen LogP contribution is -2.63. The summed E-state index contributed by atoms with van der Waals surface area (Å²) in [6.07, 6.45) is -4.18. The predicted molar refractivity (Wildman–Crippen MR) is 206 cm³/mol. The summed E-state index contributed by atoms with van der Waals surface area (Å²) in [5, 5.41) is 64.1. The number of carboxylic acids is 2. The van der Waals surface area contributed by atoms with Gasteiger partial charge in [-0.2, -0.15) is 12.6 Å². The molecule has 0 aliphatic rings. The van der Waals surface area contributed by atoms with Crippen LogP contribution >= 0.6 is 12.6 Å². The summed E-state index contributed by atoms with van der Waals surface area (Å²) < 4.78 is 0. The molecule has 0 saturated heterocycles. The van der Waals surface area contributed by atoms with Gasteiger partial charge in [0.15, 0.2) is 5.96 Å². The van der Waals surface area contributed by atoms with Crippen LogP contribution in [0.1, 0.15) is 53.9 Å². The zero-order chi connectivity index (χ0) is 45.0. The van der Waals surface area contributed by atoms with Gasteiger partial charge in [0, 0.05) is 12.3 Å². The monoisotopic (exact) mass is 851 g/mol. The van der Waals surface area contributed by atoms with Gasteiger partial charge in [-0.3, -0.25) is 43.3 Å². The number of carbonyl (C=O) groups is 9. The summed E-state index contributed by atoms with van der Waals surface area (Å²) in [5.74, 6) is -11.4. The number of hydrogen-bond donors (Lipinski definition) is 16. The number of aliphatic carboxylic acids is 2. The number of hydrogen-bond acceptors (Lipinski definition) is 15. The molecule has 330 valence electrons. The number of nitrogens with one attached hydrogen (secondary N) is 7. The quantitative estimate of drug-likeness (QED) is 0.0166. The van der Waals surface area contributed by atoms with Crippen molar-refractivity contribution in [3.63, 3.8) is 0 Å². The predicted octanol–water partition coefficient (Wildman–Crippen LogP) is -7.32. The summed E-state index contributed by atoms with van der Waals surface area (Å²) in [6, 6.07) is -12.5. The molecule has 0 aromatic heterocycles. The molecule has 0 aromatic carbocycles. The second kappa shape index (κ2) is 25.8. The molecular formula is C32H57N11O14S. The van der Waals surface area contributed by atoms with Crippen LogP contribution in [0.15, 0.2) is 4.99 Å². The first-order valence-corrected chi connectivity index (χ1v) is 18.5. The fourth-order valence-corrected chi connectivity index (χ4v) is 4.89. The van der Waals surface area contributed by atoms with E-state index < -0.39 is 133 Å². The molecule has 7 amide bonds.